The molecule has 0 saturated carbocycles. The van der Waals surface area contributed by atoms with Crippen LogP contribution in [0.3, 0.4) is 0 Å². The molecule has 0 aliphatic rings. The molecule has 0 bridgehead atoms. The Morgan fingerprint density at radius 2 is 1.79 bits per heavy atom. The van der Waals surface area contributed by atoms with Crippen molar-refractivity contribution in [2.75, 3.05) is 5.32 Å². The van der Waals surface area contributed by atoms with Gasteiger partial charge in [0, 0.05) is 5.02 Å². The van der Waals surface area contributed by atoms with Gasteiger partial charge in [-0.2, -0.15) is 4.72 Å². The first-order chi connectivity index (χ1) is 15.6. The van der Waals surface area contributed by atoms with Crippen LogP contribution in [0.2, 0.25) is 5.02 Å². The third kappa shape index (κ3) is 7.17. The zero-order valence-electron chi connectivity index (χ0n) is 17.2. The lowest BCUT2D eigenvalue weighted by molar-refractivity contribution is -0.127. The highest BCUT2D eigenvalue weighted by Crippen LogP contribution is 2.16. The number of benzene rings is 2. The highest BCUT2D eigenvalue weighted by atomic mass is 35.5. The molecular formula is C20H20ClN5O4S3. The van der Waals surface area contributed by atoms with Crippen molar-refractivity contribution in [3.63, 3.8) is 0 Å². The van der Waals surface area contributed by atoms with E-state index < -0.39 is 33.9 Å². The molecule has 1 heterocycles. The quantitative estimate of drug-likeness (QED) is 0.317. The van der Waals surface area contributed by atoms with E-state index in [1.54, 1.807) is 24.3 Å². The van der Waals surface area contributed by atoms with Crippen LogP contribution in [0.25, 0.3) is 0 Å². The van der Waals surface area contributed by atoms with E-state index in [0.29, 0.717) is 8.98 Å². The van der Waals surface area contributed by atoms with Crippen molar-refractivity contribution >= 4 is 62.1 Å². The molecule has 3 aromatic rings. The minimum Gasteiger partial charge on any atom is -0.343 e. The van der Waals surface area contributed by atoms with Gasteiger partial charge in [0.25, 0.3) is 0 Å². The predicted octanol–water partition coefficient (Wildman–Crippen LogP) is 2.89. The fourth-order valence-electron chi connectivity index (χ4n) is 2.78. The Balaban J connectivity index is 1.76. The van der Waals surface area contributed by atoms with E-state index in [1.807, 2.05) is 6.07 Å². The monoisotopic (exact) mass is 525 g/mol. The number of hydrogen-bond donors (Lipinski definition) is 4. The molecule has 0 fully saturated rings. The van der Waals surface area contributed by atoms with Crippen molar-refractivity contribution < 1.29 is 18.0 Å². The van der Waals surface area contributed by atoms with Gasteiger partial charge < -0.3 is 5.32 Å². The van der Waals surface area contributed by atoms with Gasteiger partial charge >= 0.3 is 0 Å². The summed E-state index contributed by atoms with van der Waals surface area (Å²) in [7, 11) is -4.04. The average molecular weight is 526 g/mol. The van der Waals surface area contributed by atoms with Crippen LogP contribution in [0.4, 0.5) is 5.13 Å². The molecule has 0 spiro atoms. The topological polar surface area (TPSA) is 133 Å². The average Bonchev–Trinajstić information content (AvgIpc) is 3.18. The summed E-state index contributed by atoms with van der Waals surface area (Å²) < 4.78 is 28.6. The van der Waals surface area contributed by atoms with Crippen molar-refractivity contribution in [2.24, 2.45) is 0 Å². The van der Waals surface area contributed by atoms with Crippen molar-refractivity contribution in [3.05, 3.63) is 69.1 Å². The summed E-state index contributed by atoms with van der Waals surface area (Å²) in [6, 6.07) is 12.4. The largest absolute Gasteiger partial charge is 0.343 e. The van der Waals surface area contributed by atoms with Gasteiger partial charge in [-0.1, -0.05) is 53.3 Å². The van der Waals surface area contributed by atoms with Crippen LogP contribution in [0.5, 0.6) is 0 Å². The lowest BCUT2D eigenvalue weighted by Gasteiger charge is -2.21. The second kappa shape index (κ2) is 11.0. The van der Waals surface area contributed by atoms with Gasteiger partial charge in [-0.25, -0.2) is 8.42 Å². The maximum atomic E-state index is 13.0. The molecule has 0 saturated heterocycles. The minimum absolute atomic E-state index is 0.0386. The highest BCUT2D eigenvalue weighted by Gasteiger charge is 2.28. The zero-order chi connectivity index (χ0) is 24.0. The molecule has 174 valence electrons. The first-order valence-electron chi connectivity index (χ1n) is 9.62. The summed E-state index contributed by atoms with van der Waals surface area (Å²) >= 11 is 11.8. The van der Waals surface area contributed by atoms with Crippen LogP contribution in [-0.4, -0.2) is 42.5 Å². The standard InChI is InChI=1S/C20H20ClN5O4S3/c1-12(17(27)23-19-24-25-20(31)32-19)22-18(28)16(11-13-5-3-2-4-6-13)26-33(29,30)15-9-7-14(21)8-10-15/h2-10,12,16,26H,11H2,1H3,(H,22,28)(H,25,31)(H,23,24,27)/t12-,16-/m0/s1. The van der Waals surface area contributed by atoms with Crippen molar-refractivity contribution in [1.82, 2.24) is 20.2 Å². The molecule has 13 heteroatoms. The maximum absolute atomic E-state index is 13.0. The number of halogens is 1. The fourth-order valence-corrected chi connectivity index (χ4v) is 4.90. The summed E-state index contributed by atoms with van der Waals surface area (Å²) in [6.45, 7) is 1.48. The zero-order valence-corrected chi connectivity index (χ0v) is 20.4. The van der Waals surface area contributed by atoms with E-state index in [1.165, 1.54) is 31.2 Å². The number of hydrogen-bond acceptors (Lipinski definition) is 7. The van der Waals surface area contributed by atoms with Crippen molar-refractivity contribution in [2.45, 2.75) is 30.3 Å². The number of nitrogens with zero attached hydrogens (tertiary/aromatic N) is 1. The van der Waals surface area contributed by atoms with E-state index in [9.17, 15) is 18.0 Å². The van der Waals surface area contributed by atoms with Crippen LogP contribution < -0.4 is 15.4 Å². The number of H-pyrrole nitrogens is 1. The SMILES string of the molecule is C[C@H](NC(=O)[C@H](Cc1ccccc1)NS(=O)(=O)c1ccc(Cl)cc1)C(=O)Nc1n[nH]c(=S)s1. The van der Waals surface area contributed by atoms with Crippen molar-refractivity contribution in [1.29, 1.82) is 0 Å². The Bertz CT molecular complexity index is 1280. The molecule has 3 rings (SSSR count). The molecule has 2 atom stereocenters. The fraction of sp³-hybridized carbons (Fsp3) is 0.200. The van der Waals surface area contributed by atoms with Gasteiger partial charge in [0.05, 0.1) is 4.90 Å². The number of sulfonamides is 1. The van der Waals surface area contributed by atoms with Gasteiger partial charge in [0.15, 0.2) is 3.95 Å². The number of amides is 2. The third-order valence-corrected chi connectivity index (χ3v) is 7.19. The van der Waals surface area contributed by atoms with Crippen LogP contribution in [0.15, 0.2) is 59.5 Å². The smallest absolute Gasteiger partial charge is 0.248 e. The first-order valence-corrected chi connectivity index (χ1v) is 12.7. The number of nitrogens with one attached hydrogen (secondary N) is 4. The summed E-state index contributed by atoms with van der Waals surface area (Å²) in [5, 5.41) is 12.1. The van der Waals surface area contributed by atoms with Gasteiger partial charge in [-0.05, 0) is 55.4 Å². The Morgan fingerprint density at radius 1 is 1.12 bits per heavy atom. The van der Waals surface area contributed by atoms with E-state index in [2.05, 4.69) is 25.6 Å². The highest BCUT2D eigenvalue weighted by molar-refractivity contribution is 7.89. The van der Waals surface area contributed by atoms with Crippen LogP contribution in [0, 0.1) is 3.95 Å². The van der Waals surface area contributed by atoms with Gasteiger partial charge in [0.1, 0.15) is 12.1 Å². The Hall–Kier alpha value is -2.64. The second-order valence-electron chi connectivity index (χ2n) is 6.96. The molecule has 2 aromatic carbocycles. The predicted molar refractivity (Wildman–Crippen MR) is 129 cm³/mol. The Kier molecular flexibility index (Phi) is 8.32. The molecule has 4 N–H and O–H groups in total. The van der Waals surface area contributed by atoms with E-state index >= 15 is 0 Å². The Labute approximate surface area is 204 Å². The molecule has 2 amide bonds. The van der Waals surface area contributed by atoms with Crippen molar-refractivity contribution in [3.8, 4) is 0 Å². The summed E-state index contributed by atoms with van der Waals surface area (Å²) in [6.07, 6.45) is 0.0780. The van der Waals surface area contributed by atoms with Gasteiger partial charge in [0.2, 0.25) is 27.0 Å². The van der Waals surface area contributed by atoms with Crippen LogP contribution >= 0.6 is 35.2 Å². The van der Waals surface area contributed by atoms with Crippen LogP contribution in [0.1, 0.15) is 12.5 Å². The molecular weight excluding hydrogens is 506 g/mol. The normalized spacial score (nSPS) is 13.2. The molecule has 0 aliphatic heterocycles. The van der Waals surface area contributed by atoms with E-state index in [4.69, 9.17) is 23.8 Å². The maximum Gasteiger partial charge on any atom is 0.248 e. The molecule has 0 unspecified atom stereocenters. The minimum atomic E-state index is -4.04. The number of rotatable bonds is 9. The summed E-state index contributed by atoms with van der Waals surface area (Å²) in [5.41, 5.74) is 0.741. The number of carbonyl (C=O) groups is 2. The molecule has 9 nitrogen and oxygen atoms in total. The molecule has 0 aliphatic carbocycles. The number of aromatic nitrogens is 2. The van der Waals surface area contributed by atoms with Crippen LogP contribution in [-0.2, 0) is 26.0 Å². The lowest BCUT2D eigenvalue weighted by atomic mass is 10.1. The number of carbonyl (C=O) groups excluding carboxylic acids is 2. The number of anilines is 1. The van der Waals surface area contributed by atoms with E-state index in [-0.39, 0.29) is 16.4 Å². The third-order valence-electron chi connectivity index (χ3n) is 4.44. The summed E-state index contributed by atoms with van der Waals surface area (Å²) in [5.74, 6) is -1.19. The molecule has 0 radical (unpaired) electrons. The van der Waals surface area contributed by atoms with Gasteiger partial charge in [-0.15, -0.1) is 5.10 Å². The molecule has 33 heavy (non-hydrogen) atoms. The lowest BCUT2D eigenvalue weighted by Crippen LogP contribution is -2.52. The summed E-state index contributed by atoms with van der Waals surface area (Å²) in [4.78, 5) is 25.4. The molecule has 1 aromatic heterocycles. The second-order valence-corrected chi connectivity index (χ2v) is 10.8. The van der Waals surface area contributed by atoms with E-state index in [0.717, 1.165) is 16.9 Å². The van der Waals surface area contributed by atoms with Gasteiger partial charge in [-0.3, -0.25) is 20.0 Å². The Morgan fingerprint density at radius 3 is 2.39 bits per heavy atom. The number of aromatic amines is 1. The first kappa shape index (κ1) is 25.0.